The number of piperidine rings is 1. The van der Waals surface area contributed by atoms with E-state index in [1.54, 1.807) is 12.4 Å². The fourth-order valence-corrected chi connectivity index (χ4v) is 1.86. The Balaban J connectivity index is 2.26. The maximum Gasteiger partial charge on any atom is 0.0817 e. The van der Waals surface area contributed by atoms with Gasteiger partial charge in [0.2, 0.25) is 0 Å². The number of rotatable bonds is 1. The first-order valence-electron chi connectivity index (χ1n) is 5.03. The molecule has 1 saturated heterocycles. The van der Waals surface area contributed by atoms with Crippen molar-refractivity contribution < 1.29 is 0 Å². The lowest BCUT2D eigenvalue weighted by atomic mass is 10.1. The Morgan fingerprint density at radius 2 is 1.79 bits per heavy atom. The molecule has 1 aliphatic rings. The van der Waals surface area contributed by atoms with Crippen molar-refractivity contribution in [1.82, 2.24) is 4.98 Å². The van der Waals surface area contributed by atoms with E-state index in [9.17, 15) is 0 Å². The van der Waals surface area contributed by atoms with Gasteiger partial charge in [0, 0.05) is 13.1 Å². The zero-order chi connectivity index (χ0) is 9.97. The van der Waals surface area contributed by atoms with Gasteiger partial charge in [0.1, 0.15) is 0 Å². The lowest BCUT2D eigenvalue weighted by molar-refractivity contribution is 0.578. The van der Waals surface area contributed by atoms with E-state index in [0.717, 1.165) is 18.8 Å². The molecule has 1 aromatic rings. The second-order valence-corrected chi connectivity index (χ2v) is 3.71. The molecule has 1 aliphatic heterocycles. The Bertz CT molecular complexity index is 318. The number of nitrogens with zero attached hydrogens (tertiary/aromatic N) is 2. The van der Waals surface area contributed by atoms with E-state index in [-0.39, 0.29) is 0 Å². The first-order valence-corrected chi connectivity index (χ1v) is 5.03. The topological polar surface area (TPSA) is 68.2 Å². The molecule has 2 rings (SSSR count). The Morgan fingerprint density at radius 1 is 1.07 bits per heavy atom. The van der Waals surface area contributed by atoms with E-state index in [1.165, 1.54) is 19.3 Å². The van der Waals surface area contributed by atoms with Gasteiger partial charge in [-0.2, -0.15) is 0 Å². The molecule has 4 heteroatoms. The van der Waals surface area contributed by atoms with Crippen LogP contribution in [0.1, 0.15) is 19.3 Å². The normalized spacial score (nSPS) is 17.0. The quantitative estimate of drug-likeness (QED) is 0.702. The summed E-state index contributed by atoms with van der Waals surface area (Å²) in [7, 11) is 0. The maximum atomic E-state index is 5.91. The summed E-state index contributed by atoms with van der Waals surface area (Å²) in [5.74, 6) is 0. The van der Waals surface area contributed by atoms with Gasteiger partial charge in [0.25, 0.3) is 0 Å². The molecule has 14 heavy (non-hydrogen) atoms. The second-order valence-electron chi connectivity index (χ2n) is 3.71. The molecule has 4 N–H and O–H groups in total. The lowest BCUT2D eigenvalue weighted by Crippen LogP contribution is -2.30. The molecule has 0 unspecified atom stereocenters. The summed E-state index contributed by atoms with van der Waals surface area (Å²) in [5, 5.41) is 0. The molecule has 0 bridgehead atoms. The predicted molar refractivity (Wildman–Crippen MR) is 59.1 cm³/mol. The third-order valence-corrected chi connectivity index (χ3v) is 2.69. The molecule has 0 aliphatic carbocycles. The van der Waals surface area contributed by atoms with Gasteiger partial charge in [0.05, 0.1) is 29.5 Å². The van der Waals surface area contributed by atoms with Crippen LogP contribution in [0.3, 0.4) is 0 Å². The van der Waals surface area contributed by atoms with Crippen LogP contribution in [-0.2, 0) is 0 Å². The Labute approximate surface area is 83.9 Å². The van der Waals surface area contributed by atoms with E-state index < -0.39 is 0 Å². The highest BCUT2D eigenvalue weighted by molar-refractivity contribution is 5.78. The van der Waals surface area contributed by atoms with Crippen molar-refractivity contribution in [1.29, 1.82) is 0 Å². The van der Waals surface area contributed by atoms with Gasteiger partial charge in [-0.25, -0.2) is 0 Å². The largest absolute Gasteiger partial charge is 0.396 e. The summed E-state index contributed by atoms with van der Waals surface area (Å²) in [5.41, 5.74) is 13.9. The average Bonchev–Trinajstić information content (AvgIpc) is 2.23. The summed E-state index contributed by atoms with van der Waals surface area (Å²) in [4.78, 5) is 6.34. The molecule has 0 spiro atoms. The molecule has 0 amide bonds. The van der Waals surface area contributed by atoms with E-state index >= 15 is 0 Å². The number of nitrogens with two attached hydrogens (primary N) is 2. The van der Waals surface area contributed by atoms with E-state index in [4.69, 9.17) is 11.5 Å². The first-order chi connectivity index (χ1) is 6.79. The van der Waals surface area contributed by atoms with E-state index in [1.807, 2.05) is 0 Å². The van der Waals surface area contributed by atoms with Gasteiger partial charge in [-0.05, 0) is 19.3 Å². The Hall–Kier alpha value is -1.45. The molecular weight excluding hydrogens is 176 g/mol. The number of anilines is 3. The fourth-order valence-electron chi connectivity index (χ4n) is 1.86. The van der Waals surface area contributed by atoms with Gasteiger partial charge in [-0.15, -0.1) is 0 Å². The molecule has 0 atom stereocenters. The Kier molecular flexibility index (Phi) is 2.43. The van der Waals surface area contributed by atoms with Crippen molar-refractivity contribution >= 4 is 17.1 Å². The van der Waals surface area contributed by atoms with Crippen molar-refractivity contribution in [2.75, 3.05) is 29.5 Å². The van der Waals surface area contributed by atoms with Crippen LogP contribution in [0.15, 0.2) is 12.4 Å². The standard InChI is InChI=1S/C10H16N4/c11-8-6-13-7-9(10(8)12)14-4-2-1-3-5-14/h6-7H,1-5,11H2,(H2,12,13). The van der Waals surface area contributed by atoms with Gasteiger partial charge in [0.15, 0.2) is 0 Å². The van der Waals surface area contributed by atoms with Crippen molar-refractivity contribution in [3.05, 3.63) is 12.4 Å². The van der Waals surface area contributed by atoms with Crippen molar-refractivity contribution in [2.45, 2.75) is 19.3 Å². The second kappa shape index (κ2) is 3.74. The van der Waals surface area contributed by atoms with Crippen LogP contribution < -0.4 is 16.4 Å². The highest BCUT2D eigenvalue weighted by Gasteiger charge is 2.14. The van der Waals surface area contributed by atoms with Crippen molar-refractivity contribution in [3.63, 3.8) is 0 Å². The third kappa shape index (κ3) is 1.60. The molecule has 0 aromatic carbocycles. The summed E-state index contributed by atoms with van der Waals surface area (Å²) in [6.07, 6.45) is 7.18. The minimum Gasteiger partial charge on any atom is -0.396 e. The number of pyridine rings is 1. The van der Waals surface area contributed by atoms with Crippen LogP contribution in [0.5, 0.6) is 0 Å². The van der Waals surface area contributed by atoms with E-state index in [2.05, 4.69) is 9.88 Å². The molecule has 0 saturated carbocycles. The first kappa shape index (κ1) is 9.12. The van der Waals surface area contributed by atoms with Crippen LogP contribution in [0.25, 0.3) is 0 Å². The van der Waals surface area contributed by atoms with Gasteiger partial charge < -0.3 is 16.4 Å². The van der Waals surface area contributed by atoms with Crippen LogP contribution in [0.4, 0.5) is 17.1 Å². The van der Waals surface area contributed by atoms with Gasteiger partial charge in [-0.3, -0.25) is 4.98 Å². The fraction of sp³-hybridized carbons (Fsp3) is 0.500. The van der Waals surface area contributed by atoms with Gasteiger partial charge in [-0.1, -0.05) is 0 Å². The number of nitrogen functional groups attached to an aromatic ring is 2. The summed E-state index contributed by atoms with van der Waals surface area (Å²) >= 11 is 0. The number of hydrogen-bond acceptors (Lipinski definition) is 4. The molecule has 76 valence electrons. The Morgan fingerprint density at radius 3 is 2.50 bits per heavy atom. The zero-order valence-electron chi connectivity index (χ0n) is 8.24. The number of hydrogen-bond donors (Lipinski definition) is 2. The summed E-state index contributed by atoms with van der Waals surface area (Å²) in [6, 6.07) is 0. The summed E-state index contributed by atoms with van der Waals surface area (Å²) in [6.45, 7) is 2.13. The summed E-state index contributed by atoms with van der Waals surface area (Å²) < 4.78 is 0. The minimum absolute atomic E-state index is 0.577. The molecular formula is C10H16N4. The van der Waals surface area contributed by atoms with Crippen molar-refractivity contribution in [2.24, 2.45) is 0 Å². The molecule has 1 fully saturated rings. The highest BCUT2D eigenvalue weighted by atomic mass is 15.1. The zero-order valence-corrected chi connectivity index (χ0v) is 8.24. The molecule has 1 aromatic heterocycles. The minimum atomic E-state index is 0.577. The van der Waals surface area contributed by atoms with Crippen LogP contribution in [0, 0.1) is 0 Å². The average molecular weight is 192 g/mol. The van der Waals surface area contributed by atoms with Crippen molar-refractivity contribution in [3.8, 4) is 0 Å². The SMILES string of the molecule is Nc1cncc(N2CCCCC2)c1N. The molecule has 4 nitrogen and oxygen atoms in total. The molecule has 2 heterocycles. The monoisotopic (exact) mass is 192 g/mol. The van der Waals surface area contributed by atoms with E-state index in [0.29, 0.717) is 11.4 Å². The smallest absolute Gasteiger partial charge is 0.0817 e. The third-order valence-electron chi connectivity index (χ3n) is 2.69. The predicted octanol–water partition coefficient (Wildman–Crippen LogP) is 1.24. The lowest BCUT2D eigenvalue weighted by Gasteiger charge is -2.29. The number of aromatic nitrogens is 1. The maximum absolute atomic E-state index is 5.91. The molecule has 0 radical (unpaired) electrons. The van der Waals surface area contributed by atoms with Crippen LogP contribution in [0.2, 0.25) is 0 Å². The van der Waals surface area contributed by atoms with Crippen LogP contribution in [-0.4, -0.2) is 18.1 Å². The van der Waals surface area contributed by atoms with Gasteiger partial charge >= 0.3 is 0 Å². The highest BCUT2D eigenvalue weighted by Crippen LogP contribution is 2.28. The van der Waals surface area contributed by atoms with Crippen LogP contribution >= 0.6 is 0 Å².